The lowest BCUT2D eigenvalue weighted by Crippen LogP contribution is -2.51. The number of carbonyl (C=O) groups excluding carboxylic acids is 4. The van der Waals surface area contributed by atoms with Crippen molar-refractivity contribution in [3.05, 3.63) is 97.1 Å². The molecule has 3 N–H and O–H groups in total. The van der Waals surface area contributed by atoms with Gasteiger partial charge in [-0.3, -0.25) is 9.59 Å². The van der Waals surface area contributed by atoms with Gasteiger partial charge in [0.2, 0.25) is 11.8 Å². The highest BCUT2D eigenvalue weighted by Gasteiger charge is 2.31. The first-order chi connectivity index (χ1) is 20.6. The molecule has 0 aromatic heterocycles. The first kappa shape index (κ1) is 34.8. The smallest absolute Gasteiger partial charge is 0.408 e. The Balaban J connectivity index is 1.94. The fourth-order valence-corrected chi connectivity index (χ4v) is 4.15. The number of carbonyl (C=O) groups is 4. The van der Waals surface area contributed by atoms with Gasteiger partial charge in [0.15, 0.2) is 0 Å². The molecule has 232 valence electrons. The summed E-state index contributed by atoms with van der Waals surface area (Å²) >= 11 is 0. The molecule has 10 nitrogen and oxygen atoms in total. The number of aliphatic hydroxyl groups excluding tert-OH is 1. The topological polar surface area (TPSA) is 134 Å². The van der Waals surface area contributed by atoms with Crippen LogP contribution < -0.4 is 10.6 Å². The van der Waals surface area contributed by atoms with Gasteiger partial charge >= 0.3 is 12.1 Å². The lowest BCUT2D eigenvalue weighted by atomic mass is 9.97. The SMILES string of the molecule is C=CCC(CC(=O)N(CCO)Cc1ccccc1)C(=O)NC(C)(C)COC(=O)C(CC=C)NC(=O)OCc1ccccc1. The van der Waals surface area contributed by atoms with Crippen LogP contribution in [0.2, 0.25) is 0 Å². The van der Waals surface area contributed by atoms with Gasteiger partial charge in [-0.2, -0.15) is 0 Å². The second-order valence-corrected chi connectivity index (χ2v) is 10.7. The van der Waals surface area contributed by atoms with Crippen molar-refractivity contribution in [3.63, 3.8) is 0 Å². The third-order valence-corrected chi connectivity index (χ3v) is 6.41. The van der Waals surface area contributed by atoms with Crippen LogP contribution in [0, 0.1) is 5.92 Å². The predicted molar refractivity (Wildman–Crippen MR) is 163 cm³/mol. The number of benzene rings is 2. The van der Waals surface area contributed by atoms with Crippen molar-refractivity contribution >= 4 is 23.9 Å². The summed E-state index contributed by atoms with van der Waals surface area (Å²) in [6.07, 6.45) is 2.55. The number of rotatable bonds is 18. The van der Waals surface area contributed by atoms with E-state index in [4.69, 9.17) is 9.47 Å². The Bertz CT molecular complexity index is 1200. The first-order valence-electron chi connectivity index (χ1n) is 14.2. The molecule has 0 radical (unpaired) electrons. The number of hydrogen-bond donors (Lipinski definition) is 3. The van der Waals surface area contributed by atoms with Crippen LogP contribution in [0.1, 0.15) is 44.2 Å². The maximum absolute atomic E-state index is 13.2. The van der Waals surface area contributed by atoms with Crippen LogP contribution in [0.3, 0.4) is 0 Å². The zero-order valence-electron chi connectivity index (χ0n) is 25.0. The van der Waals surface area contributed by atoms with E-state index in [1.54, 1.807) is 19.9 Å². The van der Waals surface area contributed by atoms with E-state index in [0.717, 1.165) is 11.1 Å². The molecule has 0 aliphatic carbocycles. The van der Waals surface area contributed by atoms with Crippen molar-refractivity contribution < 1.29 is 33.8 Å². The van der Waals surface area contributed by atoms with Gasteiger partial charge in [-0.25, -0.2) is 9.59 Å². The molecule has 43 heavy (non-hydrogen) atoms. The van der Waals surface area contributed by atoms with Crippen LogP contribution in [0.5, 0.6) is 0 Å². The summed E-state index contributed by atoms with van der Waals surface area (Å²) in [4.78, 5) is 53.0. The third-order valence-electron chi connectivity index (χ3n) is 6.41. The summed E-state index contributed by atoms with van der Waals surface area (Å²) in [5, 5.41) is 14.8. The van der Waals surface area contributed by atoms with Crippen molar-refractivity contribution in [2.24, 2.45) is 5.92 Å². The highest BCUT2D eigenvalue weighted by atomic mass is 16.6. The lowest BCUT2D eigenvalue weighted by molar-refractivity contribution is -0.149. The minimum absolute atomic E-state index is 0.0417. The number of ether oxygens (including phenoxy) is 2. The third kappa shape index (κ3) is 13.0. The molecule has 0 bridgehead atoms. The lowest BCUT2D eigenvalue weighted by Gasteiger charge is -2.30. The second-order valence-electron chi connectivity index (χ2n) is 10.7. The molecule has 0 spiro atoms. The average molecular weight is 594 g/mol. The van der Waals surface area contributed by atoms with Gasteiger partial charge in [-0.1, -0.05) is 72.8 Å². The van der Waals surface area contributed by atoms with Crippen molar-refractivity contribution in [1.29, 1.82) is 0 Å². The fraction of sp³-hybridized carbons (Fsp3) is 0.394. The molecule has 0 saturated heterocycles. The monoisotopic (exact) mass is 593 g/mol. The predicted octanol–water partition coefficient (Wildman–Crippen LogP) is 3.90. The highest BCUT2D eigenvalue weighted by Crippen LogP contribution is 2.17. The Labute approximate surface area is 253 Å². The Morgan fingerprint density at radius 3 is 2.12 bits per heavy atom. The first-order valence-corrected chi connectivity index (χ1v) is 14.2. The standard InChI is InChI=1S/C33H43N3O7/c1-5-13-27(21-29(38)36(19-20-37)22-25-15-9-7-10-16-25)30(39)35-33(3,4)24-43-31(40)28(14-6-2)34-32(41)42-23-26-17-11-8-12-18-26/h5-12,15-18,27-28,37H,1-2,13-14,19-24H2,3-4H3,(H,34,41)(H,35,39). The van der Waals surface area contributed by atoms with Gasteiger partial charge in [-0.05, 0) is 37.8 Å². The molecule has 10 heteroatoms. The van der Waals surface area contributed by atoms with Crippen LogP contribution in [0.15, 0.2) is 86.0 Å². The van der Waals surface area contributed by atoms with Crippen molar-refractivity contribution in [2.45, 2.75) is 57.8 Å². The van der Waals surface area contributed by atoms with Gasteiger partial charge in [0.05, 0.1) is 18.1 Å². The van der Waals surface area contributed by atoms with Crippen LogP contribution >= 0.6 is 0 Å². The van der Waals surface area contributed by atoms with E-state index < -0.39 is 35.5 Å². The van der Waals surface area contributed by atoms with E-state index in [1.807, 2.05) is 60.7 Å². The van der Waals surface area contributed by atoms with E-state index in [-0.39, 0.29) is 51.5 Å². The summed E-state index contributed by atoms with van der Waals surface area (Å²) in [5.74, 6) is -2.10. The van der Waals surface area contributed by atoms with Gasteiger partial charge in [0, 0.05) is 19.5 Å². The largest absolute Gasteiger partial charge is 0.462 e. The number of esters is 1. The van der Waals surface area contributed by atoms with Gasteiger partial charge in [0.25, 0.3) is 0 Å². The number of alkyl carbamates (subject to hydrolysis) is 1. The Hall–Kier alpha value is -4.44. The van der Waals surface area contributed by atoms with Crippen molar-refractivity contribution in [3.8, 4) is 0 Å². The molecular formula is C33H43N3O7. The zero-order valence-corrected chi connectivity index (χ0v) is 25.0. The molecule has 2 aromatic rings. The maximum Gasteiger partial charge on any atom is 0.408 e. The van der Waals surface area contributed by atoms with Gasteiger partial charge < -0.3 is 30.1 Å². The molecule has 0 saturated carbocycles. The van der Waals surface area contributed by atoms with Crippen LogP contribution in [0.4, 0.5) is 4.79 Å². The molecule has 0 aliphatic heterocycles. The number of hydrogen-bond acceptors (Lipinski definition) is 7. The quantitative estimate of drug-likeness (QED) is 0.176. The normalized spacial score (nSPS) is 12.3. The van der Waals surface area contributed by atoms with E-state index in [1.165, 1.54) is 11.0 Å². The maximum atomic E-state index is 13.2. The molecule has 3 amide bonds. The Kier molecular flexibility index (Phi) is 14.7. The molecule has 0 heterocycles. The molecule has 2 unspecified atom stereocenters. The molecule has 0 aliphatic rings. The minimum atomic E-state index is -1.03. The average Bonchev–Trinajstić information content (AvgIpc) is 2.99. The summed E-state index contributed by atoms with van der Waals surface area (Å²) < 4.78 is 10.6. The van der Waals surface area contributed by atoms with Crippen LogP contribution in [-0.4, -0.2) is 65.2 Å². The van der Waals surface area contributed by atoms with E-state index >= 15 is 0 Å². The van der Waals surface area contributed by atoms with Crippen molar-refractivity contribution in [1.82, 2.24) is 15.5 Å². The van der Waals surface area contributed by atoms with Gasteiger partial charge in [-0.15, -0.1) is 13.2 Å². The Morgan fingerprint density at radius 1 is 0.930 bits per heavy atom. The molecule has 0 fully saturated rings. The van der Waals surface area contributed by atoms with Crippen LogP contribution in [-0.2, 0) is 37.0 Å². The molecule has 2 atom stereocenters. The molecule has 2 aromatic carbocycles. The summed E-state index contributed by atoms with van der Waals surface area (Å²) in [6.45, 7) is 10.8. The summed E-state index contributed by atoms with van der Waals surface area (Å²) in [5.41, 5.74) is 0.716. The van der Waals surface area contributed by atoms with Gasteiger partial charge in [0.1, 0.15) is 19.3 Å². The Morgan fingerprint density at radius 2 is 1.53 bits per heavy atom. The number of nitrogens with zero attached hydrogens (tertiary/aromatic N) is 1. The van der Waals surface area contributed by atoms with E-state index in [2.05, 4.69) is 23.8 Å². The molecule has 2 rings (SSSR count). The zero-order chi connectivity index (χ0) is 31.7. The van der Waals surface area contributed by atoms with E-state index in [0.29, 0.717) is 6.54 Å². The number of aliphatic hydroxyl groups is 1. The number of amides is 3. The van der Waals surface area contributed by atoms with Crippen LogP contribution in [0.25, 0.3) is 0 Å². The highest BCUT2D eigenvalue weighted by molar-refractivity contribution is 5.86. The minimum Gasteiger partial charge on any atom is -0.462 e. The second kappa shape index (κ2) is 18.2. The van der Waals surface area contributed by atoms with E-state index in [9.17, 15) is 24.3 Å². The summed E-state index contributed by atoms with van der Waals surface area (Å²) in [7, 11) is 0. The number of allylic oxidation sites excluding steroid dienone is 1. The van der Waals surface area contributed by atoms with Crippen molar-refractivity contribution in [2.75, 3.05) is 19.8 Å². The fourth-order valence-electron chi connectivity index (χ4n) is 4.15. The molecular weight excluding hydrogens is 550 g/mol. The summed E-state index contributed by atoms with van der Waals surface area (Å²) in [6, 6.07) is 17.5. The number of nitrogens with one attached hydrogen (secondary N) is 2.